The number of aryl methyl sites for hydroxylation is 1. The Balaban J connectivity index is 2.84. The van der Waals surface area contributed by atoms with Gasteiger partial charge in [0.05, 0.1) is 0 Å². The fraction of sp³-hybridized carbons (Fsp3) is 0.429. The molecule has 10 heavy (non-hydrogen) atoms. The van der Waals surface area contributed by atoms with Crippen molar-refractivity contribution in [1.29, 1.82) is 0 Å². The summed E-state index contributed by atoms with van der Waals surface area (Å²) >= 11 is 0. The first-order valence-corrected chi connectivity index (χ1v) is 3.18. The molecule has 0 bridgehead atoms. The van der Waals surface area contributed by atoms with E-state index in [0.717, 1.165) is 5.56 Å². The minimum Gasteiger partial charge on any atom is -0.357 e. The third-order valence-electron chi connectivity index (χ3n) is 1.50. The molecule has 0 aliphatic heterocycles. The molecule has 3 heteroatoms. The van der Waals surface area contributed by atoms with Crippen molar-refractivity contribution in [2.24, 2.45) is 12.2 Å². The highest BCUT2D eigenvalue weighted by atomic mass is 16.3. The first-order valence-electron chi connectivity index (χ1n) is 3.18. The van der Waals surface area contributed by atoms with Gasteiger partial charge in [-0.1, -0.05) is 5.18 Å². The highest BCUT2D eigenvalue weighted by Gasteiger charge is 2.03. The summed E-state index contributed by atoms with van der Waals surface area (Å²) in [7, 11) is 1.92. The molecule has 0 saturated heterocycles. The van der Waals surface area contributed by atoms with Crippen molar-refractivity contribution in [1.82, 2.24) is 4.57 Å². The average Bonchev–Trinajstić information content (AvgIpc) is 2.34. The summed E-state index contributed by atoms with van der Waals surface area (Å²) in [6.45, 7) is 1.78. The number of nitrogens with zero attached hydrogens (tertiary/aromatic N) is 2. The predicted octanol–water partition coefficient (Wildman–Crippen LogP) is 1.85. The molecule has 0 spiro atoms. The Morgan fingerprint density at radius 3 is 2.80 bits per heavy atom. The van der Waals surface area contributed by atoms with Gasteiger partial charge in [0.25, 0.3) is 0 Å². The van der Waals surface area contributed by atoms with E-state index in [-0.39, 0.29) is 6.04 Å². The van der Waals surface area contributed by atoms with Crippen LogP contribution in [0.1, 0.15) is 18.5 Å². The average molecular weight is 138 g/mol. The van der Waals surface area contributed by atoms with Crippen LogP contribution in [0.2, 0.25) is 0 Å². The van der Waals surface area contributed by atoms with Gasteiger partial charge in [-0.05, 0) is 18.6 Å². The summed E-state index contributed by atoms with van der Waals surface area (Å²) in [5.74, 6) is 0. The van der Waals surface area contributed by atoms with Crippen LogP contribution in [0.25, 0.3) is 0 Å². The Bertz CT molecular complexity index is 229. The van der Waals surface area contributed by atoms with E-state index in [0.29, 0.717) is 0 Å². The highest BCUT2D eigenvalue weighted by molar-refractivity contribution is 5.14. The fourth-order valence-electron chi connectivity index (χ4n) is 0.833. The lowest BCUT2D eigenvalue weighted by molar-refractivity contribution is 0.803. The van der Waals surface area contributed by atoms with Gasteiger partial charge in [0.1, 0.15) is 6.04 Å². The van der Waals surface area contributed by atoms with Crippen LogP contribution in [0.5, 0.6) is 0 Å². The molecule has 0 aromatic carbocycles. The topological polar surface area (TPSA) is 34.4 Å². The second-order valence-electron chi connectivity index (χ2n) is 2.39. The largest absolute Gasteiger partial charge is 0.357 e. The minimum absolute atomic E-state index is 0.221. The zero-order valence-electron chi connectivity index (χ0n) is 6.11. The standard InChI is InChI=1S/C7H10N2O/c1-6(8-10)7-3-4-9(2)5-7/h3-6H,1-2H3. The zero-order chi connectivity index (χ0) is 7.56. The van der Waals surface area contributed by atoms with E-state index < -0.39 is 0 Å². The van der Waals surface area contributed by atoms with Crippen molar-refractivity contribution in [2.75, 3.05) is 0 Å². The molecule has 54 valence electrons. The molecule has 3 nitrogen and oxygen atoms in total. The SMILES string of the molecule is CC(N=O)c1ccn(C)c1. The highest BCUT2D eigenvalue weighted by Crippen LogP contribution is 2.14. The Morgan fingerprint density at radius 1 is 1.70 bits per heavy atom. The van der Waals surface area contributed by atoms with E-state index in [2.05, 4.69) is 5.18 Å². The van der Waals surface area contributed by atoms with E-state index in [1.54, 1.807) is 6.92 Å². The summed E-state index contributed by atoms with van der Waals surface area (Å²) in [6, 6.07) is 1.67. The van der Waals surface area contributed by atoms with Crippen molar-refractivity contribution in [2.45, 2.75) is 13.0 Å². The summed E-state index contributed by atoms with van der Waals surface area (Å²) < 4.78 is 1.90. The number of nitroso groups, excluding NO2 is 1. The normalized spacial score (nSPS) is 13.0. The van der Waals surface area contributed by atoms with Crippen LogP contribution in [-0.2, 0) is 7.05 Å². The Labute approximate surface area is 59.6 Å². The summed E-state index contributed by atoms with van der Waals surface area (Å²) in [5.41, 5.74) is 0.970. The van der Waals surface area contributed by atoms with Gasteiger partial charge in [0, 0.05) is 19.4 Å². The van der Waals surface area contributed by atoms with Gasteiger partial charge in [0.2, 0.25) is 0 Å². The monoisotopic (exact) mass is 138 g/mol. The lowest BCUT2D eigenvalue weighted by Gasteiger charge is -1.94. The van der Waals surface area contributed by atoms with Crippen molar-refractivity contribution in [3.63, 3.8) is 0 Å². The third-order valence-corrected chi connectivity index (χ3v) is 1.50. The Hall–Kier alpha value is -1.12. The van der Waals surface area contributed by atoms with E-state index in [9.17, 15) is 4.91 Å². The third kappa shape index (κ3) is 1.23. The molecule has 0 amide bonds. The van der Waals surface area contributed by atoms with Crippen molar-refractivity contribution < 1.29 is 0 Å². The number of aromatic nitrogens is 1. The van der Waals surface area contributed by atoms with Crippen molar-refractivity contribution in [3.8, 4) is 0 Å². The lowest BCUT2D eigenvalue weighted by Crippen LogP contribution is -1.85. The molecule has 0 aliphatic rings. The molecular weight excluding hydrogens is 128 g/mol. The van der Waals surface area contributed by atoms with Crippen LogP contribution in [0, 0.1) is 4.91 Å². The maximum atomic E-state index is 10.1. The van der Waals surface area contributed by atoms with Crippen molar-refractivity contribution in [3.05, 3.63) is 28.9 Å². The van der Waals surface area contributed by atoms with Crippen LogP contribution in [0.3, 0.4) is 0 Å². The van der Waals surface area contributed by atoms with Crippen LogP contribution >= 0.6 is 0 Å². The molecule has 1 atom stereocenters. The van der Waals surface area contributed by atoms with E-state index in [1.807, 2.05) is 30.1 Å². The lowest BCUT2D eigenvalue weighted by atomic mass is 10.2. The molecule has 1 unspecified atom stereocenters. The Morgan fingerprint density at radius 2 is 2.40 bits per heavy atom. The molecule has 0 saturated carbocycles. The van der Waals surface area contributed by atoms with Crippen molar-refractivity contribution >= 4 is 0 Å². The van der Waals surface area contributed by atoms with Crippen LogP contribution in [0.4, 0.5) is 0 Å². The number of hydrogen-bond acceptors (Lipinski definition) is 2. The molecule has 1 rings (SSSR count). The molecule has 1 aromatic heterocycles. The summed E-state index contributed by atoms with van der Waals surface area (Å²) in [4.78, 5) is 10.1. The summed E-state index contributed by atoms with van der Waals surface area (Å²) in [5, 5.41) is 2.91. The quantitative estimate of drug-likeness (QED) is 0.574. The molecule has 0 fully saturated rings. The smallest absolute Gasteiger partial charge is 0.116 e. The summed E-state index contributed by atoms with van der Waals surface area (Å²) in [6.07, 6.45) is 3.79. The molecule has 0 radical (unpaired) electrons. The molecule has 0 aliphatic carbocycles. The molecule has 1 aromatic rings. The minimum atomic E-state index is -0.221. The van der Waals surface area contributed by atoms with Crippen LogP contribution in [0.15, 0.2) is 23.6 Å². The second kappa shape index (κ2) is 2.64. The number of rotatable bonds is 2. The maximum Gasteiger partial charge on any atom is 0.116 e. The Kier molecular flexibility index (Phi) is 1.85. The van der Waals surface area contributed by atoms with Gasteiger partial charge in [-0.25, -0.2) is 0 Å². The van der Waals surface area contributed by atoms with Gasteiger partial charge in [-0.2, -0.15) is 4.91 Å². The second-order valence-corrected chi connectivity index (χ2v) is 2.39. The van der Waals surface area contributed by atoms with Gasteiger partial charge < -0.3 is 4.57 Å². The van der Waals surface area contributed by atoms with Gasteiger partial charge in [0.15, 0.2) is 0 Å². The molecular formula is C7H10N2O. The predicted molar refractivity (Wildman–Crippen MR) is 39.6 cm³/mol. The van der Waals surface area contributed by atoms with Gasteiger partial charge in [-0.15, -0.1) is 0 Å². The fourth-order valence-corrected chi connectivity index (χ4v) is 0.833. The van der Waals surface area contributed by atoms with Crippen LogP contribution < -0.4 is 0 Å². The van der Waals surface area contributed by atoms with Crippen LogP contribution in [-0.4, -0.2) is 4.57 Å². The molecule has 0 N–H and O–H groups in total. The maximum absolute atomic E-state index is 10.1. The van der Waals surface area contributed by atoms with Gasteiger partial charge in [-0.3, -0.25) is 0 Å². The number of hydrogen-bond donors (Lipinski definition) is 0. The first-order chi connectivity index (χ1) is 4.74. The van der Waals surface area contributed by atoms with Gasteiger partial charge >= 0.3 is 0 Å². The first kappa shape index (κ1) is 6.99. The molecule has 1 heterocycles. The zero-order valence-corrected chi connectivity index (χ0v) is 6.11. The van der Waals surface area contributed by atoms with E-state index in [1.165, 1.54) is 0 Å². The van der Waals surface area contributed by atoms with E-state index >= 15 is 0 Å². The van der Waals surface area contributed by atoms with E-state index in [4.69, 9.17) is 0 Å².